The van der Waals surface area contributed by atoms with Crippen molar-refractivity contribution >= 4 is 47.2 Å². The Morgan fingerprint density at radius 2 is 1.57 bits per heavy atom. The molecular formula is C32H49N7O8. The number of ether oxygens (including phenoxy) is 1. The van der Waals surface area contributed by atoms with E-state index < -0.39 is 65.5 Å². The monoisotopic (exact) mass is 659 g/mol. The van der Waals surface area contributed by atoms with E-state index in [4.69, 9.17) is 16.2 Å². The average Bonchev–Trinajstić information content (AvgIpc) is 3.30. The molecule has 1 aliphatic heterocycles. The molecule has 0 aromatic heterocycles. The predicted octanol–water partition coefficient (Wildman–Crippen LogP) is 0.757. The van der Waals surface area contributed by atoms with Crippen LogP contribution in [-0.4, -0.2) is 77.7 Å². The first kappa shape index (κ1) is 38.7. The average molecular weight is 660 g/mol. The molecule has 0 aliphatic carbocycles. The van der Waals surface area contributed by atoms with Crippen molar-refractivity contribution in [3.8, 4) is 0 Å². The van der Waals surface area contributed by atoms with E-state index in [-0.39, 0.29) is 56.8 Å². The van der Waals surface area contributed by atoms with Gasteiger partial charge in [0.15, 0.2) is 0 Å². The number of anilines is 1. The summed E-state index contributed by atoms with van der Waals surface area (Å²) in [6, 6.07) is 2.36. The molecule has 0 spiro atoms. The second-order valence-corrected chi connectivity index (χ2v) is 12.6. The Labute approximate surface area is 275 Å². The van der Waals surface area contributed by atoms with Gasteiger partial charge in [-0.15, -0.1) is 0 Å². The SMILES string of the molecule is CC(C)C(=O)OCc1ccc(NC(=O)C(CCCNC(N)=O)NC(=O)C(NC(=O)C(CN)N2C(=O)CC(C(C)C)C2=O)C(C)C)cc1. The first-order valence-electron chi connectivity index (χ1n) is 15.8. The number of hydrogen-bond donors (Lipinski definition) is 6. The third-order valence-electron chi connectivity index (χ3n) is 7.78. The van der Waals surface area contributed by atoms with Crippen molar-refractivity contribution in [3.05, 3.63) is 29.8 Å². The topological polar surface area (TPSA) is 232 Å². The van der Waals surface area contributed by atoms with E-state index in [0.29, 0.717) is 11.3 Å². The maximum atomic E-state index is 13.5. The number of carbonyl (C=O) groups is 7. The summed E-state index contributed by atoms with van der Waals surface area (Å²) in [5.74, 6) is -4.70. The smallest absolute Gasteiger partial charge is 0.312 e. The van der Waals surface area contributed by atoms with Crippen LogP contribution in [0, 0.1) is 23.7 Å². The van der Waals surface area contributed by atoms with E-state index >= 15 is 0 Å². The van der Waals surface area contributed by atoms with Crippen LogP contribution in [0.2, 0.25) is 0 Å². The molecule has 1 fully saturated rings. The summed E-state index contributed by atoms with van der Waals surface area (Å²) in [6.07, 6.45) is 0.369. The molecule has 0 radical (unpaired) electrons. The molecule has 8 N–H and O–H groups in total. The molecule has 7 amide bonds. The van der Waals surface area contributed by atoms with Crippen molar-refractivity contribution in [2.24, 2.45) is 35.1 Å². The largest absolute Gasteiger partial charge is 0.461 e. The molecular weight excluding hydrogens is 610 g/mol. The van der Waals surface area contributed by atoms with E-state index in [1.807, 2.05) is 13.8 Å². The summed E-state index contributed by atoms with van der Waals surface area (Å²) in [5, 5.41) is 10.5. The minimum atomic E-state index is -1.30. The lowest BCUT2D eigenvalue weighted by molar-refractivity contribution is -0.149. The van der Waals surface area contributed by atoms with Crippen LogP contribution < -0.4 is 32.7 Å². The number of primary amides is 1. The van der Waals surface area contributed by atoms with Crippen LogP contribution in [0.25, 0.3) is 0 Å². The number of nitrogens with one attached hydrogen (secondary N) is 4. The van der Waals surface area contributed by atoms with Crippen LogP contribution >= 0.6 is 0 Å². The zero-order chi connectivity index (χ0) is 35.4. The highest BCUT2D eigenvalue weighted by Crippen LogP contribution is 2.28. The number of amides is 7. The number of nitrogens with two attached hydrogens (primary N) is 2. The molecule has 260 valence electrons. The van der Waals surface area contributed by atoms with Gasteiger partial charge >= 0.3 is 12.0 Å². The van der Waals surface area contributed by atoms with Crippen LogP contribution in [0.5, 0.6) is 0 Å². The Morgan fingerprint density at radius 3 is 2.09 bits per heavy atom. The van der Waals surface area contributed by atoms with Gasteiger partial charge in [-0.1, -0.05) is 53.7 Å². The van der Waals surface area contributed by atoms with Gasteiger partial charge in [0.2, 0.25) is 29.5 Å². The number of rotatable bonds is 17. The number of benzene rings is 1. The fourth-order valence-corrected chi connectivity index (χ4v) is 4.92. The molecule has 4 unspecified atom stereocenters. The number of carbonyl (C=O) groups excluding carboxylic acids is 7. The van der Waals surface area contributed by atoms with Crippen LogP contribution in [0.15, 0.2) is 24.3 Å². The van der Waals surface area contributed by atoms with Crippen LogP contribution in [0.1, 0.15) is 66.4 Å². The van der Waals surface area contributed by atoms with E-state index in [2.05, 4.69) is 21.3 Å². The van der Waals surface area contributed by atoms with Gasteiger partial charge in [0.25, 0.3) is 0 Å². The fourth-order valence-electron chi connectivity index (χ4n) is 4.92. The summed E-state index contributed by atoms with van der Waals surface area (Å²) < 4.78 is 5.22. The number of hydrogen-bond acceptors (Lipinski definition) is 9. The Hall–Kier alpha value is -4.53. The second-order valence-electron chi connectivity index (χ2n) is 12.6. The van der Waals surface area contributed by atoms with Crippen molar-refractivity contribution in [2.75, 3.05) is 18.4 Å². The van der Waals surface area contributed by atoms with Gasteiger partial charge in [-0.2, -0.15) is 0 Å². The molecule has 1 saturated heterocycles. The molecule has 4 atom stereocenters. The van der Waals surface area contributed by atoms with Gasteiger partial charge in [0.1, 0.15) is 24.7 Å². The molecule has 1 aromatic carbocycles. The predicted molar refractivity (Wildman–Crippen MR) is 173 cm³/mol. The van der Waals surface area contributed by atoms with Gasteiger partial charge < -0.3 is 37.5 Å². The van der Waals surface area contributed by atoms with Gasteiger partial charge in [-0.25, -0.2) is 4.79 Å². The molecule has 2 rings (SSSR count). The van der Waals surface area contributed by atoms with Crippen molar-refractivity contribution in [1.29, 1.82) is 0 Å². The Bertz CT molecular complexity index is 1300. The van der Waals surface area contributed by atoms with Crippen molar-refractivity contribution in [2.45, 2.75) is 85.5 Å². The van der Waals surface area contributed by atoms with Crippen molar-refractivity contribution in [1.82, 2.24) is 20.9 Å². The standard InChI is InChI=1S/C32H49N7O8/c1-17(2)22-14-25(40)39(30(22)44)24(15-33)28(42)38-26(18(3)4)29(43)37-23(8-7-13-35-32(34)46)27(41)36-21-11-9-20(10-12-21)16-47-31(45)19(5)6/h9-12,17-19,22-24,26H,7-8,13-16,33H2,1-6H3,(H,36,41)(H,37,43)(H,38,42)(H3,34,35,46). The zero-order valence-corrected chi connectivity index (χ0v) is 28.0. The van der Waals surface area contributed by atoms with Crippen LogP contribution in [0.4, 0.5) is 10.5 Å². The maximum Gasteiger partial charge on any atom is 0.312 e. The van der Waals surface area contributed by atoms with Gasteiger partial charge in [0.05, 0.1) is 5.92 Å². The Morgan fingerprint density at radius 1 is 0.936 bits per heavy atom. The molecule has 1 aromatic rings. The Kier molecular flexibility index (Phi) is 14.8. The summed E-state index contributed by atoms with van der Waals surface area (Å²) in [5.41, 5.74) is 12.1. The molecule has 47 heavy (non-hydrogen) atoms. The first-order chi connectivity index (χ1) is 22.1. The highest BCUT2D eigenvalue weighted by molar-refractivity contribution is 6.07. The molecule has 15 nitrogen and oxygen atoms in total. The third-order valence-corrected chi connectivity index (χ3v) is 7.78. The van der Waals surface area contributed by atoms with E-state index in [0.717, 1.165) is 4.90 Å². The molecule has 0 saturated carbocycles. The summed E-state index contributed by atoms with van der Waals surface area (Å²) >= 11 is 0. The normalized spacial score (nSPS) is 16.6. The number of urea groups is 1. The molecule has 15 heteroatoms. The maximum absolute atomic E-state index is 13.5. The quantitative estimate of drug-likeness (QED) is 0.0786. The first-order valence-corrected chi connectivity index (χ1v) is 15.8. The second kappa shape index (κ2) is 18.0. The van der Waals surface area contributed by atoms with E-state index in [1.54, 1.807) is 52.0 Å². The van der Waals surface area contributed by atoms with Crippen molar-refractivity contribution < 1.29 is 38.3 Å². The van der Waals surface area contributed by atoms with Gasteiger partial charge in [-0.05, 0) is 42.4 Å². The third kappa shape index (κ3) is 11.3. The van der Waals surface area contributed by atoms with Gasteiger partial charge in [0, 0.05) is 31.1 Å². The lowest BCUT2D eigenvalue weighted by atomic mass is 9.94. The van der Waals surface area contributed by atoms with Crippen LogP contribution in [0.3, 0.4) is 0 Å². The lowest BCUT2D eigenvalue weighted by Gasteiger charge is -2.29. The van der Waals surface area contributed by atoms with Crippen molar-refractivity contribution in [3.63, 3.8) is 0 Å². The number of esters is 1. The number of nitrogens with zero attached hydrogens (tertiary/aromatic N) is 1. The fraction of sp³-hybridized carbons (Fsp3) is 0.594. The van der Waals surface area contributed by atoms with Crippen LogP contribution in [-0.2, 0) is 40.1 Å². The van der Waals surface area contributed by atoms with E-state index in [1.165, 1.54) is 0 Å². The summed E-state index contributed by atoms with van der Waals surface area (Å²) in [4.78, 5) is 89.6. The van der Waals surface area contributed by atoms with E-state index in [9.17, 15) is 33.6 Å². The van der Waals surface area contributed by atoms with Gasteiger partial charge in [-0.3, -0.25) is 33.7 Å². The Balaban J connectivity index is 2.17. The minimum Gasteiger partial charge on any atom is -0.461 e. The number of imide groups is 1. The molecule has 1 aliphatic rings. The zero-order valence-electron chi connectivity index (χ0n) is 28.0. The molecule has 0 bridgehead atoms. The minimum absolute atomic E-state index is 0.0237. The highest BCUT2D eigenvalue weighted by atomic mass is 16.5. The highest BCUT2D eigenvalue weighted by Gasteiger charge is 2.46. The summed E-state index contributed by atoms with van der Waals surface area (Å²) in [6.45, 7) is 10.4. The summed E-state index contributed by atoms with van der Waals surface area (Å²) in [7, 11) is 0. The lowest BCUT2D eigenvalue weighted by Crippen LogP contribution is -2.60. The number of likely N-dealkylation sites (tertiary alicyclic amines) is 1. The molecule has 1 heterocycles.